The van der Waals surface area contributed by atoms with Gasteiger partial charge in [-0.1, -0.05) is 0 Å². The third-order valence-corrected chi connectivity index (χ3v) is 2.66. The molecule has 0 saturated carbocycles. The van der Waals surface area contributed by atoms with Crippen molar-refractivity contribution in [2.75, 3.05) is 5.01 Å². The van der Waals surface area contributed by atoms with E-state index >= 15 is 0 Å². The molecular weight excluding hydrogens is 300 g/mol. The Labute approximate surface area is 117 Å². The Balaban J connectivity index is 2.51. The molecule has 0 aliphatic heterocycles. The van der Waals surface area contributed by atoms with Crippen molar-refractivity contribution in [1.29, 1.82) is 0 Å². The third-order valence-electron chi connectivity index (χ3n) is 2.36. The van der Waals surface area contributed by atoms with Crippen LogP contribution in [-0.4, -0.2) is 4.05 Å². The van der Waals surface area contributed by atoms with Crippen LogP contribution in [0, 0.1) is 17.5 Å². The molecule has 0 amide bonds. The number of hydrogen-bond acceptors (Lipinski definition) is 2. The molecule has 0 N–H and O–H groups in total. The van der Waals surface area contributed by atoms with Crippen molar-refractivity contribution in [3.05, 3.63) is 59.9 Å². The summed E-state index contributed by atoms with van der Waals surface area (Å²) in [5, 5.41) is 0.987. The highest BCUT2D eigenvalue weighted by atomic mass is 35.5. The van der Waals surface area contributed by atoms with Crippen LogP contribution >= 0.6 is 23.6 Å². The lowest BCUT2D eigenvalue weighted by atomic mass is 10.2. The molecule has 0 radical (unpaired) electrons. The molecule has 100 valence electrons. The molecular formula is C12H7Cl2F3N2. The normalized spacial score (nSPS) is 10.8. The van der Waals surface area contributed by atoms with Gasteiger partial charge in [0.25, 0.3) is 0 Å². The van der Waals surface area contributed by atoms with Crippen molar-refractivity contribution in [3.8, 4) is 0 Å². The molecule has 2 aromatic carbocycles. The highest BCUT2D eigenvalue weighted by Crippen LogP contribution is 2.32. The summed E-state index contributed by atoms with van der Waals surface area (Å²) < 4.78 is 40.3. The van der Waals surface area contributed by atoms with Crippen LogP contribution in [0.4, 0.5) is 24.5 Å². The first-order chi connectivity index (χ1) is 8.99. The van der Waals surface area contributed by atoms with Crippen molar-refractivity contribution in [2.45, 2.75) is 0 Å². The summed E-state index contributed by atoms with van der Waals surface area (Å²) in [4.78, 5) is 0. The van der Waals surface area contributed by atoms with Gasteiger partial charge in [-0.15, -0.1) is 0 Å². The monoisotopic (exact) mass is 306 g/mol. The fourth-order valence-electron chi connectivity index (χ4n) is 1.54. The Morgan fingerprint density at radius 3 is 1.95 bits per heavy atom. The largest absolute Gasteiger partial charge is 0.243 e. The minimum Gasteiger partial charge on any atom is -0.243 e. The molecule has 0 bridgehead atoms. The van der Waals surface area contributed by atoms with Gasteiger partial charge in [0.1, 0.15) is 17.5 Å². The van der Waals surface area contributed by atoms with Gasteiger partial charge in [-0.05, 0) is 40.4 Å². The zero-order valence-corrected chi connectivity index (χ0v) is 10.8. The Kier molecular flexibility index (Phi) is 4.19. The number of benzene rings is 2. The standard InChI is InChI=1S/C12H7Cl2F3N2/c13-19(14)18(10-4-1-8(15)2-5-10)12-7-9(16)3-6-11(12)17/h1-7H. The fraction of sp³-hybridized carbons (Fsp3) is 0. The maximum atomic E-state index is 13.7. The lowest BCUT2D eigenvalue weighted by molar-refractivity contribution is 0.585. The fourth-order valence-corrected chi connectivity index (χ4v) is 1.88. The number of hydrazine groups is 1. The summed E-state index contributed by atoms with van der Waals surface area (Å²) in [5.74, 6) is -1.85. The predicted molar refractivity (Wildman–Crippen MR) is 68.4 cm³/mol. The average molecular weight is 307 g/mol. The molecule has 0 atom stereocenters. The van der Waals surface area contributed by atoms with Crippen molar-refractivity contribution >= 4 is 34.9 Å². The molecule has 0 spiro atoms. The van der Waals surface area contributed by atoms with E-state index in [2.05, 4.69) is 0 Å². The summed E-state index contributed by atoms with van der Waals surface area (Å²) in [6.07, 6.45) is 0. The second kappa shape index (κ2) is 5.69. The number of nitrogens with zero attached hydrogens (tertiary/aromatic N) is 2. The van der Waals surface area contributed by atoms with Crippen molar-refractivity contribution in [1.82, 2.24) is 4.05 Å². The summed E-state index contributed by atoms with van der Waals surface area (Å²) in [6.45, 7) is 0. The molecule has 2 nitrogen and oxygen atoms in total. The molecule has 0 saturated heterocycles. The van der Waals surface area contributed by atoms with Gasteiger partial charge in [0.2, 0.25) is 0 Å². The van der Waals surface area contributed by atoms with Crippen LogP contribution in [0.3, 0.4) is 0 Å². The van der Waals surface area contributed by atoms with Gasteiger partial charge in [0, 0.05) is 29.6 Å². The maximum Gasteiger partial charge on any atom is 0.148 e. The zero-order chi connectivity index (χ0) is 14.0. The molecule has 2 rings (SSSR count). The van der Waals surface area contributed by atoms with Gasteiger partial charge >= 0.3 is 0 Å². The first-order valence-electron chi connectivity index (χ1n) is 5.11. The Bertz CT molecular complexity index is 576. The summed E-state index contributed by atoms with van der Waals surface area (Å²) in [7, 11) is 0. The quantitative estimate of drug-likeness (QED) is 0.595. The molecule has 19 heavy (non-hydrogen) atoms. The van der Waals surface area contributed by atoms with Crippen LogP contribution in [0.1, 0.15) is 0 Å². The van der Waals surface area contributed by atoms with E-state index in [0.717, 1.165) is 35.3 Å². The van der Waals surface area contributed by atoms with Crippen LogP contribution in [0.15, 0.2) is 42.5 Å². The second-order valence-corrected chi connectivity index (χ2v) is 4.41. The van der Waals surface area contributed by atoms with Crippen LogP contribution in [0.2, 0.25) is 0 Å². The first-order valence-corrected chi connectivity index (χ1v) is 5.79. The van der Waals surface area contributed by atoms with Crippen LogP contribution in [-0.2, 0) is 0 Å². The molecule has 0 aliphatic carbocycles. The Morgan fingerprint density at radius 1 is 0.789 bits per heavy atom. The zero-order valence-electron chi connectivity index (χ0n) is 9.33. The predicted octanol–water partition coefficient (Wildman–Crippen LogP) is 4.77. The molecule has 0 fully saturated rings. The van der Waals surface area contributed by atoms with Gasteiger partial charge in [-0.25, -0.2) is 18.2 Å². The van der Waals surface area contributed by atoms with E-state index in [1.165, 1.54) is 12.1 Å². The highest BCUT2D eigenvalue weighted by molar-refractivity contribution is 6.34. The Hall–Kier alpha value is -1.43. The number of hydrogen-bond donors (Lipinski definition) is 0. The number of anilines is 2. The number of halogens is 5. The molecule has 0 heterocycles. The minimum atomic E-state index is -0.725. The minimum absolute atomic E-state index is 0.198. The van der Waals surface area contributed by atoms with E-state index in [1.807, 2.05) is 0 Å². The van der Waals surface area contributed by atoms with E-state index in [0.29, 0.717) is 4.05 Å². The SMILES string of the molecule is Fc1ccc(N(c2cc(F)ccc2F)N(Cl)Cl)cc1. The van der Waals surface area contributed by atoms with Crippen LogP contribution in [0.25, 0.3) is 0 Å². The lowest BCUT2D eigenvalue weighted by Gasteiger charge is -2.26. The van der Waals surface area contributed by atoms with Gasteiger partial charge in [0.15, 0.2) is 0 Å². The second-order valence-electron chi connectivity index (χ2n) is 3.60. The van der Waals surface area contributed by atoms with Crippen LogP contribution in [0.5, 0.6) is 0 Å². The van der Waals surface area contributed by atoms with Crippen molar-refractivity contribution in [3.63, 3.8) is 0 Å². The lowest BCUT2D eigenvalue weighted by Crippen LogP contribution is -2.25. The average Bonchev–Trinajstić information content (AvgIpc) is 2.36. The molecule has 0 aromatic heterocycles. The summed E-state index contributed by atoms with van der Waals surface area (Å²) >= 11 is 11.2. The smallest absolute Gasteiger partial charge is 0.148 e. The van der Waals surface area contributed by atoms with Gasteiger partial charge in [-0.2, -0.15) is 0 Å². The van der Waals surface area contributed by atoms with E-state index < -0.39 is 17.5 Å². The number of rotatable bonds is 3. The van der Waals surface area contributed by atoms with Gasteiger partial charge in [-0.3, -0.25) is 0 Å². The van der Waals surface area contributed by atoms with Gasteiger partial charge in [0.05, 0.1) is 11.4 Å². The van der Waals surface area contributed by atoms with E-state index in [9.17, 15) is 13.2 Å². The van der Waals surface area contributed by atoms with Crippen molar-refractivity contribution in [2.24, 2.45) is 0 Å². The van der Waals surface area contributed by atoms with Crippen molar-refractivity contribution < 1.29 is 13.2 Å². The van der Waals surface area contributed by atoms with Gasteiger partial charge < -0.3 is 0 Å². The molecule has 2 aromatic rings. The highest BCUT2D eigenvalue weighted by Gasteiger charge is 2.19. The van der Waals surface area contributed by atoms with Crippen LogP contribution < -0.4 is 5.01 Å². The molecule has 7 heteroatoms. The molecule has 0 aliphatic rings. The summed E-state index contributed by atoms with van der Waals surface area (Å²) in [6, 6.07) is 7.80. The van der Waals surface area contributed by atoms with E-state index in [4.69, 9.17) is 23.6 Å². The first kappa shape index (κ1) is 14.0. The van der Waals surface area contributed by atoms with E-state index in [-0.39, 0.29) is 11.4 Å². The molecule has 0 unspecified atom stereocenters. The Morgan fingerprint density at radius 2 is 1.37 bits per heavy atom. The summed E-state index contributed by atoms with van der Waals surface area (Å²) in [5.41, 5.74) is 0.0764. The third kappa shape index (κ3) is 3.12. The maximum absolute atomic E-state index is 13.7. The topological polar surface area (TPSA) is 6.48 Å². The van der Waals surface area contributed by atoms with E-state index in [1.54, 1.807) is 0 Å².